The number of nitrogens with two attached hydrogens (primary N) is 1. The smallest absolute Gasteiger partial charge is 0.203 e. The Morgan fingerprint density at radius 2 is 2.06 bits per heavy atom. The van der Waals surface area contributed by atoms with E-state index in [1.165, 1.54) is 37.0 Å². The van der Waals surface area contributed by atoms with E-state index >= 15 is 0 Å². The van der Waals surface area contributed by atoms with Gasteiger partial charge in [0.25, 0.3) is 0 Å². The number of rotatable bonds is 7. The van der Waals surface area contributed by atoms with Crippen molar-refractivity contribution in [1.29, 1.82) is 0 Å². The van der Waals surface area contributed by atoms with Gasteiger partial charge >= 0.3 is 0 Å². The topological polar surface area (TPSA) is 51.8 Å². The fourth-order valence-electron chi connectivity index (χ4n) is 1.24. The Morgan fingerprint density at radius 3 is 2.62 bits per heavy atom. The highest BCUT2D eigenvalue weighted by atomic mass is 33.1. The quantitative estimate of drug-likeness (QED) is 0.597. The molecule has 0 radical (unpaired) electrons. The molecule has 16 heavy (non-hydrogen) atoms. The number of anilines is 1. The molecule has 6 heteroatoms. The van der Waals surface area contributed by atoms with Crippen molar-refractivity contribution >= 4 is 38.1 Å². The Balaban J connectivity index is 2.29. The maximum absolute atomic E-state index is 5.54. The zero-order valence-electron chi connectivity index (χ0n) is 10.0. The fraction of sp³-hybridized carbons (Fsp3) is 0.800. The largest absolute Gasteiger partial charge is 0.374 e. The predicted octanol–water partition coefficient (Wildman–Crippen LogP) is 4.22. The third-order valence-corrected chi connectivity index (χ3v) is 6.55. The van der Waals surface area contributed by atoms with Crippen LogP contribution < -0.4 is 5.73 Å². The summed E-state index contributed by atoms with van der Waals surface area (Å²) >= 11 is 1.45. The lowest BCUT2D eigenvalue weighted by Gasteiger charge is -2.22. The first-order valence-corrected chi connectivity index (χ1v) is 8.45. The van der Waals surface area contributed by atoms with Crippen LogP contribution in [0.1, 0.15) is 46.5 Å². The Labute approximate surface area is 109 Å². The van der Waals surface area contributed by atoms with Gasteiger partial charge in [-0.1, -0.05) is 48.3 Å². The van der Waals surface area contributed by atoms with Crippen LogP contribution in [0.2, 0.25) is 0 Å². The van der Waals surface area contributed by atoms with Gasteiger partial charge in [0.05, 0.1) is 0 Å². The third kappa shape index (κ3) is 5.41. The molecule has 0 saturated heterocycles. The average Bonchev–Trinajstić information content (AvgIpc) is 2.62. The van der Waals surface area contributed by atoms with Crippen molar-refractivity contribution < 1.29 is 0 Å². The summed E-state index contributed by atoms with van der Waals surface area (Å²) in [5.74, 6) is 0. The molecular weight excluding hydrogens is 258 g/mol. The molecular formula is C10H19N3S3. The molecule has 2 N–H and O–H groups in total. The number of nitrogens with zero attached hydrogens (tertiary/aromatic N) is 2. The van der Waals surface area contributed by atoms with E-state index in [2.05, 4.69) is 31.0 Å². The maximum atomic E-state index is 5.54. The molecule has 1 rings (SSSR count). The van der Waals surface area contributed by atoms with Crippen molar-refractivity contribution in [3.05, 3.63) is 0 Å². The highest BCUT2D eigenvalue weighted by Gasteiger charge is 2.19. The van der Waals surface area contributed by atoms with Crippen LogP contribution in [0.15, 0.2) is 4.34 Å². The number of aromatic nitrogens is 2. The summed E-state index contributed by atoms with van der Waals surface area (Å²) in [4.78, 5) is 0. The first-order valence-electron chi connectivity index (χ1n) is 5.48. The van der Waals surface area contributed by atoms with Crippen LogP contribution >= 0.6 is 32.9 Å². The van der Waals surface area contributed by atoms with Gasteiger partial charge in [0.1, 0.15) is 0 Å². The number of unbranched alkanes of at least 4 members (excludes halogenated alkanes) is 2. The first kappa shape index (κ1) is 14.1. The summed E-state index contributed by atoms with van der Waals surface area (Å²) in [6.45, 7) is 6.80. The highest BCUT2D eigenvalue weighted by Crippen LogP contribution is 2.44. The molecule has 0 atom stereocenters. The lowest BCUT2D eigenvalue weighted by Crippen LogP contribution is -2.12. The van der Waals surface area contributed by atoms with Crippen LogP contribution in [0.25, 0.3) is 0 Å². The third-order valence-electron chi connectivity index (χ3n) is 2.14. The number of hydrogen-bond acceptors (Lipinski definition) is 6. The molecule has 0 aliphatic rings. The van der Waals surface area contributed by atoms with E-state index in [1.807, 2.05) is 10.8 Å². The van der Waals surface area contributed by atoms with Gasteiger partial charge in [-0.15, -0.1) is 10.2 Å². The Kier molecular flexibility index (Phi) is 5.92. The van der Waals surface area contributed by atoms with Crippen molar-refractivity contribution in [3.8, 4) is 0 Å². The molecule has 0 spiro atoms. The van der Waals surface area contributed by atoms with Crippen LogP contribution in [-0.2, 0) is 0 Å². The molecule has 0 fully saturated rings. The van der Waals surface area contributed by atoms with Crippen LogP contribution in [0.3, 0.4) is 0 Å². The van der Waals surface area contributed by atoms with E-state index in [0.717, 1.165) is 4.34 Å². The summed E-state index contributed by atoms with van der Waals surface area (Å²) in [7, 11) is 3.55. The van der Waals surface area contributed by atoms with Crippen LogP contribution in [0.5, 0.6) is 0 Å². The van der Waals surface area contributed by atoms with Gasteiger partial charge in [-0.2, -0.15) is 0 Å². The van der Waals surface area contributed by atoms with Crippen LogP contribution in [0.4, 0.5) is 5.13 Å². The molecule has 0 bridgehead atoms. The fourth-order valence-corrected chi connectivity index (χ4v) is 4.43. The second-order valence-electron chi connectivity index (χ2n) is 4.29. The van der Waals surface area contributed by atoms with E-state index in [1.54, 1.807) is 10.8 Å². The first-order chi connectivity index (χ1) is 7.53. The van der Waals surface area contributed by atoms with E-state index < -0.39 is 0 Å². The molecule has 0 amide bonds. The molecule has 3 nitrogen and oxygen atoms in total. The molecule has 0 aliphatic heterocycles. The van der Waals surface area contributed by atoms with Gasteiger partial charge in [-0.25, -0.2) is 0 Å². The summed E-state index contributed by atoms with van der Waals surface area (Å²) in [6, 6.07) is 0. The predicted molar refractivity (Wildman–Crippen MR) is 76.0 cm³/mol. The summed E-state index contributed by atoms with van der Waals surface area (Å²) in [5, 5.41) is 8.35. The van der Waals surface area contributed by atoms with Crippen molar-refractivity contribution in [1.82, 2.24) is 10.2 Å². The van der Waals surface area contributed by atoms with E-state index in [9.17, 15) is 0 Å². The second kappa shape index (κ2) is 6.71. The maximum Gasteiger partial charge on any atom is 0.203 e. The SMILES string of the molecule is CCCCCC(C)(C)SSc1nnc(N)s1. The number of hydrogen-bond donors (Lipinski definition) is 1. The molecule has 92 valence electrons. The Morgan fingerprint density at radius 1 is 1.31 bits per heavy atom. The van der Waals surface area contributed by atoms with Gasteiger partial charge < -0.3 is 5.73 Å². The average molecular weight is 277 g/mol. The Hall–Kier alpha value is 0.0600. The highest BCUT2D eigenvalue weighted by molar-refractivity contribution is 8.77. The van der Waals surface area contributed by atoms with Gasteiger partial charge in [0.15, 0.2) is 4.34 Å². The van der Waals surface area contributed by atoms with Crippen molar-refractivity contribution in [2.45, 2.75) is 55.5 Å². The van der Waals surface area contributed by atoms with Crippen LogP contribution in [0, 0.1) is 0 Å². The zero-order valence-corrected chi connectivity index (χ0v) is 12.5. The summed E-state index contributed by atoms with van der Waals surface area (Å²) < 4.78 is 1.24. The zero-order chi connectivity index (χ0) is 12.0. The van der Waals surface area contributed by atoms with E-state index in [0.29, 0.717) is 9.88 Å². The molecule has 1 aromatic rings. The van der Waals surface area contributed by atoms with Gasteiger partial charge in [-0.3, -0.25) is 0 Å². The molecule has 1 heterocycles. The Bertz CT molecular complexity index is 312. The minimum Gasteiger partial charge on any atom is -0.374 e. The molecule has 0 saturated carbocycles. The minimum absolute atomic E-state index is 0.292. The van der Waals surface area contributed by atoms with Gasteiger partial charge in [-0.05, 0) is 31.1 Å². The van der Waals surface area contributed by atoms with Gasteiger partial charge in [0.2, 0.25) is 5.13 Å². The van der Waals surface area contributed by atoms with Crippen molar-refractivity contribution in [3.63, 3.8) is 0 Å². The molecule has 1 aromatic heterocycles. The monoisotopic (exact) mass is 277 g/mol. The lowest BCUT2D eigenvalue weighted by molar-refractivity contribution is 0.575. The summed E-state index contributed by atoms with van der Waals surface area (Å²) in [5.41, 5.74) is 5.54. The van der Waals surface area contributed by atoms with E-state index in [4.69, 9.17) is 5.73 Å². The van der Waals surface area contributed by atoms with Crippen molar-refractivity contribution in [2.75, 3.05) is 5.73 Å². The van der Waals surface area contributed by atoms with Crippen molar-refractivity contribution in [2.24, 2.45) is 0 Å². The lowest BCUT2D eigenvalue weighted by atomic mass is 10.0. The summed E-state index contributed by atoms with van der Waals surface area (Å²) in [6.07, 6.45) is 5.14. The number of nitrogen functional groups attached to an aromatic ring is 1. The minimum atomic E-state index is 0.292. The van der Waals surface area contributed by atoms with Gasteiger partial charge in [0, 0.05) is 4.75 Å². The normalized spacial score (nSPS) is 11.9. The molecule has 0 aromatic carbocycles. The van der Waals surface area contributed by atoms with E-state index in [-0.39, 0.29) is 0 Å². The standard InChI is InChI=1S/C10H19N3S3/c1-4-5-6-7-10(2,3)16-15-9-13-12-8(11)14-9/h4-7H2,1-3H3,(H2,11,12). The molecule has 0 aliphatic carbocycles. The second-order valence-corrected chi connectivity index (χ2v) is 8.38. The molecule has 0 unspecified atom stereocenters. The van der Waals surface area contributed by atoms with Crippen LogP contribution in [-0.4, -0.2) is 14.9 Å².